The monoisotopic (exact) mass is 285 g/mol. The largest absolute Gasteiger partial charge is 0.399 e. The van der Waals surface area contributed by atoms with Crippen molar-refractivity contribution in [3.63, 3.8) is 0 Å². The molecule has 1 aliphatic carbocycles. The summed E-state index contributed by atoms with van der Waals surface area (Å²) in [5.41, 5.74) is 7.37. The highest BCUT2D eigenvalue weighted by atomic mass is 16.1. The lowest BCUT2D eigenvalue weighted by Crippen LogP contribution is -2.30. The standard InChI is InChI=1S/C17H23N3O/c18-15-3-1-2-13(10-15)4-7-17(21)19-11-14-8-9-20(12-14)16-5-6-16/h1-4,7,10,14,16H,5-6,8-9,11-12,18H2,(H,19,21)/b7-4+. The zero-order valence-electron chi connectivity index (χ0n) is 12.3. The van der Waals surface area contributed by atoms with Crippen molar-refractivity contribution in [3.8, 4) is 0 Å². The number of nitrogen functional groups attached to an aromatic ring is 1. The Morgan fingerprint density at radius 2 is 2.24 bits per heavy atom. The lowest BCUT2D eigenvalue weighted by molar-refractivity contribution is -0.116. The van der Waals surface area contributed by atoms with Gasteiger partial charge in [-0.15, -0.1) is 0 Å². The second-order valence-electron chi connectivity index (χ2n) is 6.13. The summed E-state index contributed by atoms with van der Waals surface area (Å²) in [7, 11) is 0. The molecule has 1 amide bonds. The van der Waals surface area contributed by atoms with Crippen LogP contribution in [0.3, 0.4) is 0 Å². The number of amides is 1. The molecular formula is C17H23N3O. The van der Waals surface area contributed by atoms with Gasteiger partial charge in [-0.3, -0.25) is 4.79 Å². The van der Waals surface area contributed by atoms with E-state index in [2.05, 4.69) is 10.2 Å². The highest BCUT2D eigenvalue weighted by Gasteiger charge is 2.34. The molecule has 4 nitrogen and oxygen atoms in total. The highest BCUT2D eigenvalue weighted by molar-refractivity contribution is 5.91. The van der Waals surface area contributed by atoms with E-state index in [1.807, 2.05) is 24.3 Å². The molecule has 1 saturated heterocycles. The average molecular weight is 285 g/mol. The molecule has 112 valence electrons. The molecule has 21 heavy (non-hydrogen) atoms. The molecule has 2 fully saturated rings. The van der Waals surface area contributed by atoms with Crippen LogP contribution in [0.2, 0.25) is 0 Å². The second-order valence-corrected chi connectivity index (χ2v) is 6.13. The number of nitrogens with two attached hydrogens (primary N) is 1. The van der Waals surface area contributed by atoms with E-state index in [0.29, 0.717) is 11.6 Å². The molecule has 3 N–H and O–H groups in total. The van der Waals surface area contributed by atoms with Crippen LogP contribution in [0.4, 0.5) is 5.69 Å². The summed E-state index contributed by atoms with van der Waals surface area (Å²) < 4.78 is 0. The Hall–Kier alpha value is -1.81. The molecule has 1 atom stereocenters. The van der Waals surface area contributed by atoms with Gasteiger partial charge in [0.05, 0.1) is 0 Å². The molecule has 1 aliphatic heterocycles. The molecule has 4 heteroatoms. The number of hydrogen-bond acceptors (Lipinski definition) is 3. The molecule has 2 aliphatic rings. The maximum atomic E-state index is 11.8. The first kappa shape index (κ1) is 14.1. The minimum Gasteiger partial charge on any atom is -0.399 e. The number of carbonyl (C=O) groups is 1. The Labute approximate surface area is 126 Å². The van der Waals surface area contributed by atoms with E-state index in [9.17, 15) is 4.79 Å². The quantitative estimate of drug-likeness (QED) is 0.641. The van der Waals surface area contributed by atoms with E-state index in [0.717, 1.165) is 24.7 Å². The molecule has 0 radical (unpaired) electrons. The average Bonchev–Trinajstić information content (AvgIpc) is 3.22. The molecule has 1 aromatic carbocycles. The van der Waals surface area contributed by atoms with Gasteiger partial charge in [-0.2, -0.15) is 0 Å². The van der Waals surface area contributed by atoms with Crippen LogP contribution in [-0.2, 0) is 4.79 Å². The maximum absolute atomic E-state index is 11.8. The summed E-state index contributed by atoms with van der Waals surface area (Å²) in [6.07, 6.45) is 7.32. The number of rotatable bonds is 5. The van der Waals surface area contributed by atoms with Crippen LogP contribution in [0.15, 0.2) is 30.3 Å². The number of carbonyl (C=O) groups excluding carboxylic acids is 1. The number of anilines is 1. The number of likely N-dealkylation sites (tertiary alicyclic amines) is 1. The first-order valence-corrected chi connectivity index (χ1v) is 7.76. The Morgan fingerprint density at radius 1 is 1.38 bits per heavy atom. The van der Waals surface area contributed by atoms with Gasteiger partial charge in [0.2, 0.25) is 5.91 Å². The Morgan fingerprint density at radius 3 is 3.00 bits per heavy atom. The van der Waals surface area contributed by atoms with Gasteiger partial charge in [0, 0.05) is 30.9 Å². The fourth-order valence-corrected chi connectivity index (χ4v) is 2.94. The van der Waals surface area contributed by atoms with Crippen molar-refractivity contribution in [2.45, 2.75) is 25.3 Å². The van der Waals surface area contributed by atoms with Gasteiger partial charge in [0.1, 0.15) is 0 Å². The van der Waals surface area contributed by atoms with Crippen LogP contribution in [-0.4, -0.2) is 36.5 Å². The number of nitrogens with zero attached hydrogens (tertiary/aromatic N) is 1. The number of nitrogens with one attached hydrogen (secondary N) is 1. The Balaban J connectivity index is 1.42. The van der Waals surface area contributed by atoms with Crippen LogP contribution < -0.4 is 11.1 Å². The minimum absolute atomic E-state index is 0.0257. The Bertz CT molecular complexity index is 537. The van der Waals surface area contributed by atoms with Gasteiger partial charge in [-0.05, 0) is 55.5 Å². The highest BCUT2D eigenvalue weighted by Crippen LogP contribution is 2.31. The normalized spacial score (nSPS) is 22.8. The van der Waals surface area contributed by atoms with E-state index >= 15 is 0 Å². The van der Waals surface area contributed by atoms with Gasteiger partial charge in [0.15, 0.2) is 0 Å². The fraction of sp³-hybridized carbons (Fsp3) is 0.471. The minimum atomic E-state index is -0.0257. The van der Waals surface area contributed by atoms with Gasteiger partial charge >= 0.3 is 0 Å². The van der Waals surface area contributed by atoms with Crippen molar-refractivity contribution in [1.29, 1.82) is 0 Å². The lowest BCUT2D eigenvalue weighted by Gasteiger charge is -2.14. The second kappa shape index (κ2) is 6.31. The van der Waals surface area contributed by atoms with Crippen LogP contribution in [0, 0.1) is 5.92 Å². The fourth-order valence-electron chi connectivity index (χ4n) is 2.94. The topological polar surface area (TPSA) is 58.4 Å². The van der Waals surface area contributed by atoms with Crippen LogP contribution >= 0.6 is 0 Å². The summed E-state index contributed by atoms with van der Waals surface area (Å²) in [4.78, 5) is 14.4. The summed E-state index contributed by atoms with van der Waals surface area (Å²) in [5.74, 6) is 0.581. The molecule has 1 unspecified atom stereocenters. The first-order chi connectivity index (χ1) is 10.2. The third-order valence-electron chi connectivity index (χ3n) is 4.28. The maximum Gasteiger partial charge on any atom is 0.244 e. The smallest absolute Gasteiger partial charge is 0.244 e. The van der Waals surface area contributed by atoms with Crippen molar-refractivity contribution in [3.05, 3.63) is 35.9 Å². The number of hydrogen-bond donors (Lipinski definition) is 2. The molecule has 0 bridgehead atoms. The van der Waals surface area contributed by atoms with Gasteiger partial charge in [-0.25, -0.2) is 0 Å². The number of benzene rings is 1. The van der Waals surface area contributed by atoms with Crippen molar-refractivity contribution < 1.29 is 4.79 Å². The van der Waals surface area contributed by atoms with Gasteiger partial charge in [-0.1, -0.05) is 12.1 Å². The predicted molar refractivity (Wildman–Crippen MR) is 85.6 cm³/mol. The summed E-state index contributed by atoms with van der Waals surface area (Å²) in [6, 6.07) is 8.36. The van der Waals surface area contributed by atoms with Crippen molar-refractivity contribution in [2.75, 3.05) is 25.4 Å². The molecular weight excluding hydrogens is 262 g/mol. The van der Waals surface area contributed by atoms with Crippen LogP contribution in [0.25, 0.3) is 6.08 Å². The van der Waals surface area contributed by atoms with Crippen LogP contribution in [0.5, 0.6) is 0 Å². The van der Waals surface area contributed by atoms with Crippen molar-refractivity contribution >= 4 is 17.7 Å². The summed E-state index contributed by atoms with van der Waals surface area (Å²) in [5, 5.41) is 3.01. The zero-order valence-corrected chi connectivity index (χ0v) is 12.3. The SMILES string of the molecule is Nc1cccc(/C=C/C(=O)NCC2CCN(C3CC3)C2)c1. The van der Waals surface area contributed by atoms with Gasteiger partial charge < -0.3 is 16.0 Å². The van der Waals surface area contributed by atoms with Gasteiger partial charge in [0.25, 0.3) is 0 Å². The van der Waals surface area contributed by atoms with E-state index in [1.165, 1.54) is 25.8 Å². The molecule has 0 aromatic heterocycles. The summed E-state index contributed by atoms with van der Waals surface area (Å²) >= 11 is 0. The van der Waals surface area contributed by atoms with Crippen molar-refractivity contribution in [2.24, 2.45) is 5.92 Å². The third-order valence-corrected chi connectivity index (χ3v) is 4.28. The van der Waals surface area contributed by atoms with E-state index in [-0.39, 0.29) is 5.91 Å². The molecule has 3 rings (SSSR count). The Kier molecular flexibility index (Phi) is 4.25. The molecule has 0 spiro atoms. The van der Waals surface area contributed by atoms with E-state index in [1.54, 1.807) is 12.2 Å². The molecule has 1 saturated carbocycles. The van der Waals surface area contributed by atoms with E-state index in [4.69, 9.17) is 5.73 Å². The van der Waals surface area contributed by atoms with Crippen LogP contribution in [0.1, 0.15) is 24.8 Å². The lowest BCUT2D eigenvalue weighted by atomic mass is 10.1. The molecule has 1 heterocycles. The third kappa shape index (κ3) is 4.08. The molecule has 1 aromatic rings. The summed E-state index contributed by atoms with van der Waals surface area (Å²) in [6.45, 7) is 3.12. The van der Waals surface area contributed by atoms with E-state index < -0.39 is 0 Å². The van der Waals surface area contributed by atoms with Crippen molar-refractivity contribution in [1.82, 2.24) is 10.2 Å². The predicted octanol–water partition coefficient (Wildman–Crippen LogP) is 1.88. The zero-order chi connectivity index (χ0) is 14.7. The first-order valence-electron chi connectivity index (χ1n) is 7.76.